The lowest BCUT2D eigenvalue weighted by Crippen LogP contribution is -2.23. The van der Waals surface area contributed by atoms with Crippen LogP contribution in [0.2, 0.25) is 0 Å². The number of ketones is 1. The summed E-state index contributed by atoms with van der Waals surface area (Å²) >= 11 is 8.92. The van der Waals surface area contributed by atoms with E-state index in [1.165, 1.54) is 6.92 Å². The molecule has 0 aromatic carbocycles. The highest BCUT2D eigenvalue weighted by atomic mass is 79.9. The molecule has 1 nitrogen and oxygen atoms in total. The number of Topliss-reactive ketones (excluding diaryl/α,β-unsaturated/α-hetero) is 1. The first-order valence-corrected chi connectivity index (χ1v) is 6.88. The maximum atomic E-state index is 13.9. The van der Waals surface area contributed by atoms with E-state index in [0.717, 1.165) is 12.0 Å². The lowest BCUT2D eigenvalue weighted by molar-refractivity contribution is -0.115. The summed E-state index contributed by atoms with van der Waals surface area (Å²) in [4.78, 5) is 11.7. The summed E-state index contributed by atoms with van der Waals surface area (Å²) in [5, 5.41) is 0.0253. The Kier molecular flexibility index (Phi) is 5.60. The molecule has 0 bridgehead atoms. The van der Waals surface area contributed by atoms with Crippen molar-refractivity contribution in [2.75, 3.05) is 0 Å². The standard InChI is InChI=1S/C13H15BrClFO/c1-3-4-5-9-6-7-10(14)13(17)11(9)12(16)8(2)15/h4-5,10H,3,6-7H2,1-2H3/b5-4+,12-8-. The maximum Gasteiger partial charge on any atom is 0.179 e. The fourth-order valence-electron chi connectivity index (χ4n) is 1.70. The van der Waals surface area contributed by atoms with Crippen molar-refractivity contribution in [3.05, 3.63) is 34.2 Å². The average molecular weight is 322 g/mol. The summed E-state index contributed by atoms with van der Waals surface area (Å²) < 4.78 is 13.9. The van der Waals surface area contributed by atoms with Crippen LogP contribution in [0.5, 0.6) is 0 Å². The highest BCUT2D eigenvalue weighted by Gasteiger charge is 2.30. The minimum Gasteiger partial charge on any atom is -0.293 e. The van der Waals surface area contributed by atoms with Gasteiger partial charge in [-0.15, -0.1) is 0 Å². The van der Waals surface area contributed by atoms with Gasteiger partial charge in [-0.05, 0) is 31.8 Å². The second-order valence-electron chi connectivity index (χ2n) is 3.93. The molecular formula is C13H15BrClFO. The maximum absolute atomic E-state index is 13.9. The normalized spacial score (nSPS) is 23.4. The van der Waals surface area contributed by atoms with Crippen molar-refractivity contribution in [2.24, 2.45) is 0 Å². The number of rotatable bonds is 3. The third-order valence-electron chi connectivity index (χ3n) is 2.60. The summed E-state index contributed by atoms with van der Waals surface area (Å²) in [6.45, 7) is 3.45. The molecule has 0 aromatic rings. The summed E-state index contributed by atoms with van der Waals surface area (Å²) in [5.74, 6) is -0.818. The zero-order chi connectivity index (χ0) is 13.0. The molecule has 0 aromatic heterocycles. The van der Waals surface area contributed by atoms with E-state index in [9.17, 15) is 9.18 Å². The van der Waals surface area contributed by atoms with Gasteiger partial charge < -0.3 is 0 Å². The Bertz CT molecular complexity index is 406. The molecule has 0 amide bonds. The Morgan fingerprint density at radius 3 is 2.82 bits per heavy atom. The number of hydrogen-bond donors (Lipinski definition) is 0. The van der Waals surface area contributed by atoms with E-state index in [4.69, 9.17) is 11.6 Å². The van der Waals surface area contributed by atoms with E-state index in [1.807, 2.05) is 19.1 Å². The summed E-state index contributed by atoms with van der Waals surface area (Å²) in [6.07, 6.45) is 5.98. The predicted octanol–water partition coefficient (Wildman–Crippen LogP) is 4.82. The SMILES string of the molecule is CC/C=C/C1=C(C(/F)=C(\C)Cl)C(=O)C(Br)CC1. The number of allylic oxidation sites excluding steroid dienone is 6. The molecule has 1 unspecified atom stereocenters. The molecule has 0 saturated carbocycles. The van der Waals surface area contributed by atoms with Gasteiger partial charge in [0.25, 0.3) is 0 Å². The van der Waals surface area contributed by atoms with Gasteiger partial charge >= 0.3 is 0 Å². The Balaban J connectivity index is 3.27. The van der Waals surface area contributed by atoms with Crippen molar-refractivity contribution in [3.63, 3.8) is 0 Å². The van der Waals surface area contributed by atoms with Gasteiger partial charge in [-0.1, -0.05) is 46.6 Å². The van der Waals surface area contributed by atoms with Crippen molar-refractivity contribution < 1.29 is 9.18 Å². The van der Waals surface area contributed by atoms with E-state index in [0.29, 0.717) is 12.8 Å². The fourth-order valence-corrected chi connectivity index (χ4v) is 2.25. The molecule has 0 spiro atoms. The Hall–Kier alpha value is -0.410. The smallest absolute Gasteiger partial charge is 0.179 e. The molecular weight excluding hydrogens is 306 g/mol. The molecule has 4 heteroatoms. The van der Waals surface area contributed by atoms with Crippen molar-refractivity contribution in [1.29, 1.82) is 0 Å². The third kappa shape index (κ3) is 3.52. The number of alkyl halides is 1. The van der Waals surface area contributed by atoms with Gasteiger partial charge in [-0.25, -0.2) is 4.39 Å². The van der Waals surface area contributed by atoms with Crippen LogP contribution in [0.3, 0.4) is 0 Å². The van der Waals surface area contributed by atoms with Crippen LogP contribution in [0.1, 0.15) is 33.1 Å². The molecule has 0 radical (unpaired) electrons. The highest BCUT2D eigenvalue weighted by Crippen LogP contribution is 2.34. The van der Waals surface area contributed by atoms with E-state index in [1.54, 1.807) is 0 Å². The molecule has 17 heavy (non-hydrogen) atoms. The quantitative estimate of drug-likeness (QED) is 0.681. The van der Waals surface area contributed by atoms with Gasteiger partial charge in [0.2, 0.25) is 0 Å². The van der Waals surface area contributed by atoms with Gasteiger partial charge in [0, 0.05) is 0 Å². The third-order valence-corrected chi connectivity index (χ3v) is 3.64. The first-order chi connectivity index (χ1) is 7.99. The molecule has 0 aliphatic heterocycles. The van der Waals surface area contributed by atoms with Crippen molar-refractivity contribution in [2.45, 2.75) is 37.9 Å². The fraction of sp³-hybridized carbons (Fsp3) is 0.462. The molecule has 0 N–H and O–H groups in total. The van der Waals surface area contributed by atoms with Crippen molar-refractivity contribution in [3.8, 4) is 0 Å². The summed E-state index contributed by atoms with van der Waals surface area (Å²) in [6, 6.07) is 0. The van der Waals surface area contributed by atoms with Gasteiger partial charge in [-0.2, -0.15) is 0 Å². The van der Waals surface area contributed by atoms with Crippen LogP contribution in [0.4, 0.5) is 4.39 Å². The number of hydrogen-bond acceptors (Lipinski definition) is 1. The van der Waals surface area contributed by atoms with E-state index in [-0.39, 0.29) is 21.2 Å². The second kappa shape index (κ2) is 6.50. The monoisotopic (exact) mass is 320 g/mol. The van der Waals surface area contributed by atoms with Gasteiger partial charge in [0.05, 0.1) is 15.4 Å². The highest BCUT2D eigenvalue weighted by molar-refractivity contribution is 9.10. The van der Waals surface area contributed by atoms with Crippen LogP contribution >= 0.6 is 27.5 Å². The molecule has 0 saturated heterocycles. The van der Waals surface area contributed by atoms with Gasteiger partial charge in [0.15, 0.2) is 5.78 Å². The molecule has 1 aliphatic rings. The second-order valence-corrected chi connectivity index (χ2v) is 5.60. The lowest BCUT2D eigenvalue weighted by Gasteiger charge is -2.20. The van der Waals surface area contributed by atoms with Gasteiger partial charge in [0.1, 0.15) is 5.83 Å². The number of carbonyl (C=O) groups excluding carboxylic acids is 1. The van der Waals surface area contributed by atoms with Crippen molar-refractivity contribution in [1.82, 2.24) is 0 Å². The van der Waals surface area contributed by atoms with Crippen LogP contribution in [0.15, 0.2) is 34.2 Å². The van der Waals surface area contributed by atoms with Crippen molar-refractivity contribution >= 4 is 33.3 Å². The minimum atomic E-state index is -0.600. The molecule has 1 rings (SSSR count). The number of carbonyl (C=O) groups is 1. The first kappa shape index (κ1) is 14.7. The number of halogens is 3. The largest absolute Gasteiger partial charge is 0.293 e. The molecule has 1 aliphatic carbocycles. The van der Waals surface area contributed by atoms with Crippen LogP contribution in [0.25, 0.3) is 0 Å². The van der Waals surface area contributed by atoms with Crippen LogP contribution in [-0.4, -0.2) is 10.6 Å². The molecule has 0 heterocycles. The lowest BCUT2D eigenvalue weighted by atomic mass is 9.89. The zero-order valence-corrected chi connectivity index (χ0v) is 12.2. The minimum absolute atomic E-state index is 0.0253. The zero-order valence-electron chi connectivity index (χ0n) is 9.90. The first-order valence-electron chi connectivity index (χ1n) is 5.59. The Morgan fingerprint density at radius 1 is 1.65 bits per heavy atom. The Morgan fingerprint density at radius 2 is 2.29 bits per heavy atom. The van der Waals surface area contributed by atoms with E-state index in [2.05, 4.69) is 15.9 Å². The van der Waals surface area contributed by atoms with Crippen LogP contribution in [0, 0.1) is 0 Å². The van der Waals surface area contributed by atoms with Crippen LogP contribution in [-0.2, 0) is 4.79 Å². The average Bonchev–Trinajstić information content (AvgIpc) is 2.29. The van der Waals surface area contributed by atoms with E-state index >= 15 is 0 Å². The molecule has 0 fully saturated rings. The molecule has 94 valence electrons. The summed E-state index contributed by atoms with van der Waals surface area (Å²) in [5.41, 5.74) is 0.875. The molecule has 1 atom stereocenters. The summed E-state index contributed by atoms with van der Waals surface area (Å²) in [7, 11) is 0. The Labute approximate surface area is 115 Å². The van der Waals surface area contributed by atoms with Crippen LogP contribution < -0.4 is 0 Å². The van der Waals surface area contributed by atoms with Gasteiger partial charge in [-0.3, -0.25) is 4.79 Å². The van der Waals surface area contributed by atoms with E-state index < -0.39 is 5.83 Å². The topological polar surface area (TPSA) is 17.1 Å². The predicted molar refractivity (Wildman–Crippen MR) is 73.1 cm³/mol.